The summed E-state index contributed by atoms with van der Waals surface area (Å²) in [6.07, 6.45) is 3.51. The van der Waals surface area contributed by atoms with Crippen LogP contribution in [0.15, 0.2) is 17.5 Å². The lowest BCUT2D eigenvalue weighted by Gasteiger charge is -2.15. The molecule has 0 aliphatic heterocycles. The van der Waals surface area contributed by atoms with Gasteiger partial charge in [-0.3, -0.25) is 0 Å². The molecule has 0 bridgehead atoms. The lowest BCUT2D eigenvalue weighted by atomic mass is 10.2. The van der Waals surface area contributed by atoms with Crippen molar-refractivity contribution in [3.63, 3.8) is 0 Å². The molecule has 0 aliphatic rings. The van der Waals surface area contributed by atoms with E-state index in [0.29, 0.717) is 6.04 Å². The van der Waals surface area contributed by atoms with Crippen LogP contribution >= 0.6 is 11.3 Å². The summed E-state index contributed by atoms with van der Waals surface area (Å²) in [6.45, 7) is 7.07. The number of nitrogens with one attached hydrogen (secondary N) is 1. The Bertz CT molecular complexity index is 248. The standard InChI is InChI=1S/C13H23NOS/c1-3-5-9-15-10-8-14-12(4-2)13-7-6-11-16-13/h6-7,11-12,14H,3-5,8-10H2,1-2H3. The van der Waals surface area contributed by atoms with Gasteiger partial charge in [0, 0.05) is 24.1 Å². The van der Waals surface area contributed by atoms with Gasteiger partial charge in [0.1, 0.15) is 0 Å². The molecule has 0 aliphatic carbocycles. The summed E-state index contributed by atoms with van der Waals surface area (Å²) < 4.78 is 5.53. The minimum absolute atomic E-state index is 0.495. The Morgan fingerprint density at radius 1 is 1.38 bits per heavy atom. The van der Waals surface area contributed by atoms with Crippen LogP contribution in [-0.2, 0) is 4.74 Å². The normalized spacial score (nSPS) is 12.9. The topological polar surface area (TPSA) is 21.3 Å². The molecule has 3 heteroatoms. The molecule has 1 aromatic rings. The van der Waals surface area contributed by atoms with Crippen molar-refractivity contribution < 1.29 is 4.74 Å². The highest BCUT2D eigenvalue weighted by atomic mass is 32.1. The predicted octanol–water partition coefficient (Wildman–Crippen LogP) is 3.61. The maximum absolute atomic E-state index is 5.53. The van der Waals surface area contributed by atoms with Crippen molar-refractivity contribution in [1.29, 1.82) is 0 Å². The van der Waals surface area contributed by atoms with Crippen LogP contribution < -0.4 is 5.32 Å². The fraction of sp³-hybridized carbons (Fsp3) is 0.692. The van der Waals surface area contributed by atoms with Crippen molar-refractivity contribution in [2.45, 2.75) is 39.2 Å². The number of ether oxygens (including phenoxy) is 1. The van der Waals surface area contributed by atoms with Gasteiger partial charge >= 0.3 is 0 Å². The Hall–Kier alpha value is -0.380. The van der Waals surface area contributed by atoms with E-state index in [4.69, 9.17) is 4.74 Å². The number of thiophene rings is 1. The second-order valence-corrected chi connectivity index (χ2v) is 4.88. The Kier molecular flexibility index (Phi) is 7.47. The molecule has 0 saturated carbocycles. The molecular formula is C13H23NOS. The molecule has 1 aromatic heterocycles. The highest BCUT2D eigenvalue weighted by Gasteiger charge is 2.08. The molecule has 0 fully saturated rings. The first-order chi connectivity index (χ1) is 7.88. The van der Waals surface area contributed by atoms with Gasteiger partial charge in [0.2, 0.25) is 0 Å². The molecule has 0 radical (unpaired) electrons. The molecule has 2 nitrogen and oxygen atoms in total. The SMILES string of the molecule is CCCCOCCNC(CC)c1cccs1. The van der Waals surface area contributed by atoms with E-state index in [9.17, 15) is 0 Å². The van der Waals surface area contributed by atoms with Gasteiger partial charge < -0.3 is 10.1 Å². The van der Waals surface area contributed by atoms with Crippen LogP contribution in [0.25, 0.3) is 0 Å². The van der Waals surface area contributed by atoms with Gasteiger partial charge in [-0.2, -0.15) is 0 Å². The second kappa shape index (κ2) is 8.74. The molecule has 1 unspecified atom stereocenters. The molecule has 0 amide bonds. The maximum atomic E-state index is 5.53. The van der Waals surface area contributed by atoms with Crippen molar-refractivity contribution in [3.8, 4) is 0 Å². The van der Waals surface area contributed by atoms with Gasteiger partial charge in [-0.25, -0.2) is 0 Å². The van der Waals surface area contributed by atoms with Crippen LogP contribution in [0.5, 0.6) is 0 Å². The molecule has 0 saturated heterocycles. The van der Waals surface area contributed by atoms with Crippen molar-refractivity contribution in [3.05, 3.63) is 22.4 Å². The smallest absolute Gasteiger partial charge is 0.0591 e. The van der Waals surface area contributed by atoms with Crippen LogP contribution in [0.4, 0.5) is 0 Å². The zero-order valence-electron chi connectivity index (χ0n) is 10.4. The summed E-state index contributed by atoms with van der Waals surface area (Å²) in [5.74, 6) is 0. The van der Waals surface area contributed by atoms with Crippen molar-refractivity contribution in [2.24, 2.45) is 0 Å². The van der Waals surface area contributed by atoms with E-state index < -0.39 is 0 Å². The summed E-state index contributed by atoms with van der Waals surface area (Å²) in [5, 5.41) is 5.67. The number of hydrogen-bond acceptors (Lipinski definition) is 3. The van der Waals surface area contributed by atoms with Crippen molar-refractivity contribution >= 4 is 11.3 Å². The third kappa shape index (κ3) is 5.10. The largest absolute Gasteiger partial charge is 0.380 e. The first kappa shape index (κ1) is 13.7. The number of hydrogen-bond donors (Lipinski definition) is 1. The highest BCUT2D eigenvalue weighted by Crippen LogP contribution is 2.21. The minimum Gasteiger partial charge on any atom is -0.380 e. The zero-order valence-corrected chi connectivity index (χ0v) is 11.2. The summed E-state index contributed by atoms with van der Waals surface area (Å²) in [5.41, 5.74) is 0. The number of rotatable bonds is 9. The van der Waals surface area contributed by atoms with Gasteiger partial charge in [0.05, 0.1) is 6.61 Å². The molecule has 1 heterocycles. The molecule has 1 N–H and O–H groups in total. The van der Waals surface area contributed by atoms with Gasteiger partial charge in [-0.15, -0.1) is 11.3 Å². The van der Waals surface area contributed by atoms with E-state index in [2.05, 4.69) is 36.7 Å². The van der Waals surface area contributed by atoms with Crippen LogP contribution in [-0.4, -0.2) is 19.8 Å². The fourth-order valence-corrected chi connectivity index (χ4v) is 2.48. The molecule has 0 aromatic carbocycles. The molecule has 92 valence electrons. The zero-order chi connectivity index (χ0) is 11.6. The molecular weight excluding hydrogens is 218 g/mol. The quantitative estimate of drug-likeness (QED) is 0.667. The second-order valence-electron chi connectivity index (χ2n) is 3.90. The minimum atomic E-state index is 0.495. The van der Waals surface area contributed by atoms with Crippen molar-refractivity contribution in [2.75, 3.05) is 19.8 Å². The third-order valence-electron chi connectivity index (χ3n) is 2.57. The summed E-state index contributed by atoms with van der Waals surface area (Å²) in [6, 6.07) is 4.81. The van der Waals surface area contributed by atoms with Crippen molar-refractivity contribution in [1.82, 2.24) is 5.32 Å². The molecule has 1 atom stereocenters. The number of unbranched alkanes of at least 4 members (excludes halogenated alkanes) is 1. The maximum Gasteiger partial charge on any atom is 0.0591 e. The molecule has 0 spiro atoms. The summed E-state index contributed by atoms with van der Waals surface area (Å²) in [7, 11) is 0. The van der Waals surface area contributed by atoms with E-state index in [0.717, 1.165) is 26.2 Å². The lowest BCUT2D eigenvalue weighted by Crippen LogP contribution is -2.24. The first-order valence-corrected chi connectivity index (χ1v) is 7.11. The van der Waals surface area contributed by atoms with Gasteiger partial charge in [0.15, 0.2) is 0 Å². The summed E-state index contributed by atoms with van der Waals surface area (Å²) in [4.78, 5) is 1.43. The van der Waals surface area contributed by atoms with E-state index in [1.165, 1.54) is 17.7 Å². The Morgan fingerprint density at radius 3 is 2.88 bits per heavy atom. The highest BCUT2D eigenvalue weighted by molar-refractivity contribution is 7.10. The van der Waals surface area contributed by atoms with E-state index in [-0.39, 0.29) is 0 Å². The van der Waals surface area contributed by atoms with E-state index >= 15 is 0 Å². The first-order valence-electron chi connectivity index (χ1n) is 6.23. The van der Waals surface area contributed by atoms with Gasteiger partial charge in [-0.05, 0) is 24.3 Å². The summed E-state index contributed by atoms with van der Waals surface area (Å²) >= 11 is 1.82. The Labute approximate surface area is 103 Å². The Morgan fingerprint density at radius 2 is 2.25 bits per heavy atom. The van der Waals surface area contributed by atoms with Gasteiger partial charge in [0.25, 0.3) is 0 Å². The van der Waals surface area contributed by atoms with Crippen LogP contribution in [0, 0.1) is 0 Å². The van der Waals surface area contributed by atoms with E-state index in [1.807, 2.05) is 11.3 Å². The van der Waals surface area contributed by atoms with Crippen LogP contribution in [0.2, 0.25) is 0 Å². The Balaban J connectivity index is 2.11. The molecule has 16 heavy (non-hydrogen) atoms. The van der Waals surface area contributed by atoms with Crippen LogP contribution in [0.3, 0.4) is 0 Å². The lowest BCUT2D eigenvalue weighted by molar-refractivity contribution is 0.131. The van der Waals surface area contributed by atoms with Gasteiger partial charge in [-0.1, -0.05) is 26.3 Å². The fourth-order valence-electron chi connectivity index (χ4n) is 1.59. The van der Waals surface area contributed by atoms with E-state index in [1.54, 1.807) is 0 Å². The third-order valence-corrected chi connectivity index (χ3v) is 3.56. The average molecular weight is 241 g/mol. The predicted molar refractivity (Wildman–Crippen MR) is 71.1 cm³/mol. The van der Waals surface area contributed by atoms with Crippen LogP contribution in [0.1, 0.15) is 44.0 Å². The monoisotopic (exact) mass is 241 g/mol. The molecule has 1 rings (SSSR count). The average Bonchev–Trinajstić information content (AvgIpc) is 2.82.